The van der Waals surface area contributed by atoms with E-state index in [2.05, 4.69) is 26.9 Å². The van der Waals surface area contributed by atoms with Gasteiger partial charge in [0.05, 0.1) is 22.4 Å². The second kappa shape index (κ2) is 11.5. The quantitative estimate of drug-likeness (QED) is 0.383. The zero-order valence-corrected chi connectivity index (χ0v) is 21.6. The number of hydrogen-bond donors (Lipinski definition) is 2. The van der Waals surface area contributed by atoms with Crippen molar-refractivity contribution in [3.8, 4) is 0 Å². The number of amides is 2. The standard InChI is InChI=1S/C25H30ClN5O2S/c1-6-31-23(22(15(2)3)28-24(33)19-9-7-8-10-20(19)26)29-30-25(31)34-14-21(32)27-18-12-16(4)11-17(5)13-18/h7-13,15,22H,6,14H2,1-5H3,(H,27,32)(H,28,33)/t22-/m1/s1. The Morgan fingerprint density at radius 2 is 1.76 bits per heavy atom. The Labute approximate surface area is 209 Å². The van der Waals surface area contributed by atoms with Crippen LogP contribution in [0, 0.1) is 19.8 Å². The maximum atomic E-state index is 12.9. The van der Waals surface area contributed by atoms with Crippen LogP contribution < -0.4 is 10.6 Å². The summed E-state index contributed by atoms with van der Waals surface area (Å²) in [5.74, 6) is 0.525. The molecule has 0 saturated carbocycles. The normalized spacial score (nSPS) is 12.0. The molecule has 0 spiro atoms. The first-order valence-corrected chi connectivity index (χ1v) is 12.5. The third-order valence-electron chi connectivity index (χ3n) is 5.25. The number of aryl methyl sites for hydroxylation is 2. The van der Waals surface area contributed by atoms with Gasteiger partial charge in [-0.1, -0.05) is 55.4 Å². The summed E-state index contributed by atoms with van der Waals surface area (Å²) in [6.07, 6.45) is 0. The smallest absolute Gasteiger partial charge is 0.253 e. The summed E-state index contributed by atoms with van der Waals surface area (Å²) in [5.41, 5.74) is 3.38. The number of benzene rings is 2. The number of nitrogens with one attached hydrogen (secondary N) is 2. The molecule has 1 atom stereocenters. The molecule has 0 unspecified atom stereocenters. The molecule has 2 aromatic carbocycles. The lowest BCUT2D eigenvalue weighted by Crippen LogP contribution is -2.34. The molecule has 0 bridgehead atoms. The zero-order chi connectivity index (χ0) is 24.8. The van der Waals surface area contributed by atoms with Crippen LogP contribution in [0.1, 0.15) is 54.1 Å². The predicted molar refractivity (Wildman–Crippen MR) is 137 cm³/mol. The molecule has 180 valence electrons. The summed E-state index contributed by atoms with van der Waals surface area (Å²) in [7, 11) is 0. The van der Waals surface area contributed by atoms with Crippen molar-refractivity contribution in [2.24, 2.45) is 5.92 Å². The Bertz CT molecular complexity index is 1160. The zero-order valence-electron chi connectivity index (χ0n) is 20.1. The molecule has 3 rings (SSSR count). The van der Waals surface area contributed by atoms with Crippen LogP contribution in [0.15, 0.2) is 47.6 Å². The maximum Gasteiger partial charge on any atom is 0.253 e. The number of aromatic nitrogens is 3. The Kier molecular flexibility index (Phi) is 8.74. The number of anilines is 1. The highest BCUT2D eigenvalue weighted by Gasteiger charge is 2.26. The lowest BCUT2D eigenvalue weighted by molar-refractivity contribution is -0.113. The fourth-order valence-electron chi connectivity index (χ4n) is 3.70. The SMILES string of the molecule is CCn1c(SCC(=O)Nc2cc(C)cc(C)c2)nnc1[C@H](NC(=O)c1ccccc1Cl)C(C)C. The molecule has 7 nitrogen and oxygen atoms in total. The lowest BCUT2D eigenvalue weighted by atomic mass is 10.0. The van der Waals surface area contributed by atoms with Crippen molar-refractivity contribution in [1.82, 2.24) is 20.1 Å². The third kappa shape index (κ3) is 6.39. The number of thioether (sulfide) groups is 1. The Morgan fingerprint density at radius 3 is 2.38 bits per heavy atom. The number of halogens is 1. The molecule has 0 aliphatic rings. The minimum atomic E-state index is -0.366. The first-order valence-electron chi connectivity index (χ1n) is 11.2. The van der Waals surface area contributed by atoms with Crippen molar-refractivity contribution < 1.29 is 9.59 Å². The van der Waals surface area contributed by atoms with E-state index in [0.29, 0.717) is 28.1 Å². The Balaban J connectivity index is 1.72. The minimum absolute atomic E-state index is 0.0617. The van der Waals surface area contributed by atoms with Gasteiger partial charge in [0.25, 0.3) is 5.91 Å². The highest BCUT2D eigenvalue weighted by molar-refractivity contribution is 7.99. The van der Waals surface area contributed by atoms with Crippen molar-refractivity contribution in [1.29, 1.82) is 0 Å². The molecule has 2 N–H and O–H groups in total. The topological polar surface area (TPSA) is 88.9 Å². The van der Waals surface area contributed by atoms with E-state index in [4.69, 9.17) is 11.6 Å². The summed E-state index contributed by atoms with van der Waals surface area (Å²) < 4.78 is 1.94. The van der Waals surface area contributed by atoms with Crippen molar-refractivity contribution in [2.75, 3.05) is 11.1 Å². The number of rotatable bonds is 9. The average Bonchev–Trinajstić information content (AvgIpc) is 3.17. The second-order valence-electron chi connectivity index (χ2n) is 8.47. The van der Waals surface area contributed by atoms with Gasteiger partial charge in [-0.25, -0.2) is 0 Å². The molecular formula is C25H30ClN5O2S. The number of carbonyl (C=O) groups excluding carboxylic acids is 2. The highest BCUT2D eigenvalue weighted by atomic mass is 35.5. The molecule has 1 aromatic heterocycles. The van der Waals surface area contributed by atoms with E-state index in [0.717, 1.165) is 16.8 Å². The number of nitrogens with zero attached hydrogens (tertiary/aromatic N) is 3. The van der Waals surface area contributed by atoms with Gasteiger partial charge in [0.15, 0.2) is 11.0 Å². The van der Waals surface area contributed by atoms with Crippen molar-refractivity contribution in [3.63, 3.8) is 0 Å². The fourth-order valence-corrected chi connectivity index (χ4v) is 4.73. The second-order valence-corrected chi connectivity index (χ2v) is 9.82. The summed E-state index contributed by atoms with van der Waals surface area (Å²) in [4.78, 5) is 25.4. The van der Waals surface area contributed by atoms with E-state index in [1.54, 1.807) is 24.3 Å². The summed E-state index contributed by atoms with van der Waals surface area (Å²) in [5, 5.41) is 15.7. The molecule has 0 radical (unpaired) electrons. The van der Waals surface area contributed by atoms with Gasteiger partial charge in [0.2, 0.25) is 5.91 Å². The van der Waals surface area contributed by atoms with E-state index in [1.165, 1.54) is 11.8 Å². The summed E-state index contributed by atoms with van der Waals surface area (Å²) >= 11 is 7.52. The van der Waals surface area contributed by atoms with Gasteiger partial charge in [0, 0.05) is 12.2 Å². The Hall–Kier alpha value is -2.84. The molecular weight excluding hydrogens is 470 g/mol. The molecule has 0 aliphatic heterocycles. The van der Waals surface area contributed by atoms with Crippen LogP contribution in [0.2, 0.25) is 5.02 Å². The fraction of sp³-hybridized carbons (Fsp3) is 0.360. The molecule has 34 heavy (non-hydrogen) atoms. The van der Waals surface area contributed by atoms with Gasteiger partial charge in [0.1, 0.15) is 0 Å². The van der Waals surface area contributed by atoms with E-state index < -0.39 is 0 Å². The van der Waals surface area contributed by atoms with Gasteiger partial charge < -0.3 is 15.2 Å². The van der Waals surface area contributed by atoms with Crippen LogP contribution in [-0.2, 0) is 11.3 Å². The van der Waals surface area contributed by atoms with Crippen LogP contribution >= 0.6 is 23.4 Å². The van der Waals surface area contributed by atoms with Gasteiger partial charge in [-0.2, -0.15) is 0 Å². The van der Waals surface area contributed by atoms with Crippen molar-refractivity contribution in [2.45, 2.75) is 52.4 Å². The lowest BCUT2D eigenvalue weighted by Gasteiger charge is -2.22. The van der Waals surface area contributed by atoms with Gasteiger partial charge >= 0.3 is 0 Å². The third-order valence-corrected chi connectivity index (χ3v) is 6.55. The first kappa shape index (κ1) is 25.8. The molecule has 3 aromatic rings. The highest BCUT2D eigenvalue weighted by Crippen LogP contribution is 2.26. The average molecular weight is 500 g/mol. The van der Waals surface area contributed by atoms with E-state index in [9.17, 15) is 9.59 Å². The molecule has 0 aliphatic carbocycles. The van der Waals surface area contributed by atoms with Crippen LogP contribution in [0.5, 0.6) is 0 Å². The van der Waals surface area contributed by atoms with E-state index in [-0.39, 0.29) is 29.5 Å². The van der Waals surface area contributed by atoms with Gasteiger partial charge in [-0.3, -0.25) is 9.59 Å². The van der Waals surface area contributed by atoms with Crippen LogP contribution in [-0.4, -0.2) is 32.3 Å². The van der Waals surface area contributed by atoms with E-state index >= 15 is 0 Å². The molecule has 2 amide bonds. The van der Waals surface area contributed by atoms with Crippen molar-refractivity contribution >= 4 is 40.9 Å². The molecule has 9 heteroatoms. The molecule has 1 heterocycles. The first-order chi connectivity index (χ1) is 16.2. The van der Waals surface area contributed by atoms with Crippen LogP contribution in [0.4, 0.5) is 5.69 Å². The van der Waals surface area contributed by atoms with Gasteiger partial charge in [-0.05, 0) is 62.1 Å². The van der Waals surface area contributed by atoms with Gasteiger partial charge in [-0.15, -0.1) is 10.2 Å². The largest absolute Gasteiger partial charge is 0.342 e. The summed E-state index contributed by atoms with van der Waals surface area (Å²) in [6.45, 7) is 10.6. The van der Waals surface area contributed by atoms with E-state index in [1.807, 2.05) is 51.3 Å². The van der Waals surface area contributed by atoms with Crippen LogP contribution in [0.3, 0.4) is 0 Å². The molecule has 0 saturated heterocycles. The van der Waals surface area contributed by atoms with Crippen LogP contribution in [0.25, 0.3) is 0 Å². The number of carbonyl (C=O) groups is 2. The number of hydrogen-bond acceptors (Lipinski definition) is 5. The maximum absolute atomic E-state index is 12.9. The molecule has 0 fully saturated rings. The predicted octanol–water partition coefficient (Wildman–Crippen LogP) is 5.43. The monoisotopic (exact) mass is 499 g/mol. The van der Waals surface area contributed by atoms with Crippen molar-refractivity contribution in [3.05, 3.63) is 70.0 Å². The summed E-state index contributed by atoms with van der Waals surface area (Å²) in [6, 6.07) is 12.5. The Morgan fingerprint density at radius 1 is 1.09 bits per heavy atom. The minimum Gasteiger partial charge on any atom is -0.342 e.